The fourth-order valence-electron chi connectivity index (χ4n) is 3.48. The minimum atomic E-state index is -1.19. The van der Waals surface area contributed by atoms with Gasteiger partial charge in [0.15, 0.2) is 6.29 Å². The second-order valence-corrected chi connectivity index (χ2v) is 6.50. The Labute approximate surface area is 163 Å². The van der Waals surface area contributed by atoms with Crippen molar-refractivity contribution in [1.29, 1.82) is 0 Å². The number of carbonyl (C=O) groups is 2. The summed E-state index contributed by atoms with van der Waals surface area (Å²) in [6.07, 6.45) is -1.57. The first-order valence-corrected chi connectivity index (χ1v) is 8.95. The van der Waals surface area contributed by atoms with Crippen LogP contribution in [0.5, 0.6) is 0 Å². The van der Waals surface area contributed by atoms with E-state index >= 15 is 0 Å². The average Bonchev–Trinajstić information content (AvgIpc) is 3.03. The highest BCUT2D eigenvalue weighted by atomic mass is 16.7. The molecule has 1 aliphatic rings. The van der Waals surface area contributed by atoms with Gasteiger partial charge in [-0.05, 0) is 22.3 Å². The van der Waals surface area contributed by atoms with Crippen LogP contribution in [0.25, 0.3) is 11.1 Å². The van der Waals surface area contributed by atoms with Crippen molar-refractivity contribution in [3.05, 3.63) is 59.7 Å². The highest BCUT2D eigenvalue weighted by Gasteiger charge is 2.30. The molecule has 0 aromatic heterocycles. The first-order chi connectivity index (χ1) is 13.5. The van der Waals surface area contributed by atoms with E-state index < -0.39 is 24.4 Å². The van der Waals surface area contributed by atoms with Crippen LogP contribution in [-0.4, -0.2) is 50.3 Å². The van der Waals surface area contributed by atoms with Gasteiger partial charge in [0.1, 0.15) is 12.6 Å². The molecule has 3 rings (SSSR count). The summed E-state index contributed by atoms with van der Waals surface area (Å²) in [5.74, 6) is -1.28. The Morgan fingerprint density at radius 3 is 2.04 bits per heavy atom. The van der Waals surface area contributed by atoms with Crippen LogP contribution in [0.4, 0.5) is 4.79 Å². The van der Waals surface area contributed by atoms with Crippen LogP contribution in [0.2, 0.25) is 0 Å². The maximum Gasteiger partial charge on any atom is 0.407 e. The standard InChI is InChI=1S/C21H23NO6/c1-26-19(27-2)11-18(20(23)24)22-21(25)28-12-17-15-9-5-3-7-13(15)14-8-4-6-10-16(14)17/h3-10,17-19H,11-12H2,1-2H3,(H,22,25)(H,23,24). The Bertz CT molecular complexity index is 803. The maximum atomic E-state index is 12.2. The number of carbonyl (C=O) groups excluding carboxylic acids is 1. The van der Waals surface area contributed by atoms with E-state index in [-0.39, 0.29) is 18.9 Å². The molecule has 0 saturated heterocycles. The summed E-state index contributed by atoms with van der Waals surface area (Å²) in [5.41, 5.74) is 4.42. The summed E-state index contributed by atoms with van der Waals surface area (Å²) in [4.78, 5) is 23.6. The quantitative estimate of drug-likeness (QED) is 0.679. The number of nitrogens with one attached hydrogen (secondary N) is 1. The molecule has 1 amide bonds. The number of benzene rings is 2. The predicted molar refractivity (Wildman–Crippen MR) is 102 cm³/mol. The Balaban J connectivity index is 1.67. The summed E-state index contributed by atoms with van der Waals surface area (Å²) in [6.45, 7) is 0.115. The summed E-state index contributed by atoms with van der Waals surface area (Å²) >= 11 is 0. The highest BCUT2D eigenvalue weighted by Crippen LogP contribution is 2.44. The molecule has 7 heteroatoms. The lowest BCUT2D eigenvalue weighted by Gasteiger charge is -2.20. The zero-order valence-corrected chi connectivity index (χ0v) is 15.8. The van der Waals surface area contributed by atoms with Gasteiger partial charge in [0.25, 0.3) is 0 Å². The van der Waals surface area contributed by atoms with Crippen molar-refractivity contribution in [1.82, 2.24) is 5.32 Å². The molecule has 1 aliphatic carbocycles. The number of carboxylic acids is 1. The topological polar surface area (TPSA) is 94.1 Å². The molecule has 0 bridgehead atoms. The second-order valence-electron chi connectivity index (χ2n) is 6.50. The number of fused-ring (bicyclic) bond motifs is 3. The third kappa shape index (κ3) is 4.16. The second kappa shape index (κ2) is 8.86. The fourth-order valence-corrected chi connectivity index (χ4v) is 3.48. The van der Waals surface area contributed by atoms with Crippen molar-refractivity contribution in [3.8, 4) is 11.1 Å². The van der Waals surface area contributed by atoms with Gasteiger partial charge in [-0.1, -0.05) is 48.5 Å². The molecule has 2 aromatic carbocycles. The maximum absolute atomic E-state index is 12.2. The van der Waals surface area contributed by atoms with Gasteiger partial charge in [-0.3, -0.25) is 0 Å². The van der Waals surface area contributed by atoms with E-state index in [1.807, 2.05) is 48.5 Å². The Morgan fingerprint density at radius 1 is 1.00 bits per heavy atom. The Morgan fingerprint density at radius 2 is 1.54 bits per heavy atom. The zero-order chi connectivity index (χ0) is 20.1. The monoisotopic (exact) mass is 385 g/mol. The van der Waals surface area contributed by atoms with E-state index in [0.717, 1.165) is 22.3 Å². The smallest absolute Gasteiger partial charge is 0.407 e. The molecule has 0 aliphatic heterocycles. The molecule has 28 heavy (non-hydrogen) atoms. The summed E-state index contributed by atoms with van der Waals surface area (Å²) in [7, 11) is 2.81. The zero-order valence-electron chi connectivity index (χ0n) is 15.8. The number of ether oxygens (including phenoxy) is 3. The molecule has 0 heterocycles. The van der Waals surface area contributed by atoms with Crippen molar-refractivity contribution in [2.45, 2.75) is 24.7 Å². The highest BCUT2D eigenvalue weighted by molar-refractivity contribution is 5.81. The minimum Gasteiger partial charge on any atom is -0.480 e. The van der Waals surface area contributed by atoms with E-state index in [2.05, 4.69) is 5.32 Å². The normalized spacial score (nSPS) is 13.7. The number of amides is 1. The number of rotatable bonds is 8. The van der Waals surface area contributed by atoms with Crippen LogP contribution >= 0.6 is 0 Å². The largest absolute Gasteiger partial charge is 0.480 e. The van der Waals surface area contributed by atoms with Crippen LogP contribution in [0, 0.1) is 0 Å². The molecule has 7 nitrogen and oxygen atoms in total. The molecule has 2 aromatic rings. The first-order valence-electron chi connectivity index (χ1n) is 8.95. The van der Waals surface area contributed by atoms with Crippen molar-refractivity contribution >= 4 is 12.1 Å². The molecule has 1 atom stereocenters. The summed E-state index contributed by atoms with van der Waals surface area (Å²) in [5, 5.41) is 11.7. The molecule has 0 radical (unpaired) electrons. The van der Waals surface area contributed by atoms with E-state index in [9.17, 15) is 14.7 Å². The lowest BCUT2D eigenvalue weighted by Crippen LogP contribution is -2.44. The molecule has 148 valence electrons. The van der Waals surface area contributed by atoms with Crippen molar-refractivity contribution in [3.63, 3.8) is 0 Å². The Hall–Kier alpha value is -2.90. The minimum absolute atomic E-state index is 0.0352. The van der Waals surface area contributed by atoms with Gasteiger partial charge >= 0.3 is 12.1 Å². The lowest BCUT2D eigenvalue weighted by atomic mass is 9.98. The first kappa shape index (κ1) is 19.9. The summed E-state index contributed by atoms with van der Waals surface area (Å²) in [6, 6.07) is 14.8. The van der Waals surface area contributed by atoms with E-state index in [0.29, 0.717) is 0 Å². The van der Waals surface area contributed by atoms with Crippen molar-refractivity contribution < 1.29 is 28.9 Å². The lowest BCUT2D eigenvalue weighted by molar-refractivity contribution is -0.146. The van der Waals surface area contributed by atoms with Gasteiger partial charge in [0, 0.05) is 26.6 Å². The van der Waals surface area contributed by atoms with Crippen LogP contribution in [0.3, 0.4) is 0 Å². The molecule has 1 unspecified atom stereocenters. The molecule has 0 spiro atoms. The molecular formula is C21H23NO6. The number of alkyl carbamates (subject to hydrolysis) is 1. The van der Waals surface area contributed by atoms with Crippen molar-refractivity contribution in [2.75, 3.05) is 20.8 Å². The summed E-state index contributed by atoms with van der Waals surface area (Å²) < 4.78 is 15.4. The van der Waals surface area contributed by atoms with Gasteiger partial charge < -0.3 is 24.6 Å². The van der Waals surface area contributed by atoms with Gasteiger partial charge in [-0.15, -0.1) is 0 Å². The third-order valence-electron chi connectivity index (χ3n) is 4.89. The van der Waals surface area contributed by atoms with Crippen LogP contribution in [0.1, 0.15) is 23.5 Å². The number of aliphatic carboxylic acids is 1. The number of methoxy groups -OCH3 is 2. The van der Waals surface area contributed by atoms with E-state index in [4.69, 9.17) is 14.2 Å². The molecule has 2 N–H and O–H groups in total. The number of hydrogen-bond acceptors (Lipinski definition) is 5. The molecule has 0 saturated carbocycles. The van der Waals surface area contributed by atoms with Gasteiger partial charge in [0.2, 0.25) is 0 Å². The van der Waals surface area contributed by atoms with Gasteiger partial charge in [-0.2, -0.15) is 0 Å². The Kier molecular flexibility index (Phi) is 6.28. The number of hydrogen-bond donors (Lipinski definition) is 2. The predicted octanol–water partition coefficient (Wildman–Crippen LogP) is 2.99. The van der Waals surface area contributed by atoms with Gasteiger partial charge in [0.05, 0.1) is 0 Å². The third-order valence-corrected chi connectivity index (χ3v) is 4.89. The van der Waals surface area contributed by atoms with E-state index in [1.165, 1.54) is 14.2 Å². The molecular weight excluding hydrogens is 362 g/mol. The van der Waals surface area contributed by atoms with Gasteiger partial charge in [-0.25, -0.2) is 9.59 Å². The molecule has 0 fully saturated rings. The SMILES string of the molecule is COC(CC(NC(=O)OCC1c2ccccc2-c2ccccc21)C(=O)O)OC. The average molecular weight is 385 g/mol. The fraction of sp³-hybridized carbons (Fsp3) is 0.333. The van der Waals surface area contributed by atoms with E-state index in [1.54, 1.807) is 0 Å². The van der Waals surface area contributed by atoms with Crippen molar-refractivity contribution in [2.24, 2.45) is 0 Å². The number of carboxylic acid groups (broad SMARTS) is 1. The van der Waals surface area contributed by atoms with Crippen LogP contribution in [-0.2, 0) is 19.0 Å². The van der Waals surface area contributed by atoms with Crippen LogP contribution in [0.15, 0.2) is 48.5 Å². The van der Waals surface area contributed by atoms with Crippen LogP contribution < -0.4 is 5.32 Å².